The topological polar surface area (TPSA) is 81.1 Å². The molecule has 1 aromatic heterocycles. The Bertz CT molecular complexity index is 1450. The van der Waals surface area contributed by atoms with Gasteiger partial charge in [-0.2, -0.15) is 4.98 Å². The largest absolute Gasteiger partial charge is 0.497 e. The summed E-state index contributed by atoms with van der Waals surface area (Å²) < 4.78 is 20.4. The average molecular weight is 502 g/mol. The van der Waals surface area contributed by atoms with Crippen molar-refractivity contribution in [2.45, 2.75) is 6.04 Å². The lowest BCUT2D eigenvalue weighted by Crippen LogP contribution is -2.20. The fourth-order valence-electron chi connectivity index (χ4n) is 3.78. The van der Waals surface area contributed by atoms with Gasteiger partial charge in [0.2, 0.25) is 5.95 Å². The van der Waals surface area contributed by atoms with E-state index in [2.05, 4.69) is 20.7 Å². The van der Waals surface area contributed by atoms with Crippen LogP contribution >= 0.6 is 11.6 Å². The van der Waals surface area contributed by atoms with E-state index in [-0.39, 0.29) is 23.7 Å². The van der Waals surface area contributed by atoms with E-state index in [1.807, 2.05) is 42.5 Å². The minimum Gasteiger partial charge on any atom is -0.497 e. The molecule has 0 saturated carbocycles. The highest BCUT2D eigenvalue weighted by Gasteiger charge is 2.25. The number of fused-ring (bicyclic) bond motifs is 1. The molecule has 4 aromatic rings. The number of nitrogens with zero attached hydrogens (tertiary/aromatic N) is 3. The van der Waals surface area contributed by atoms with Gasteiger partial charge in [-0.25, -0.2) is 9.07 Å². The first-order chi connectivity index (χ1) is 17.5. The van der Waals surface area contributed by atoms with Crippen LogP contribution in [0.25, 0.3) is 11.8 Å². The molecule has 0 aliphatic carbocycles. The van der Waals surface area contributed by atoms with Gasteiger partial charge in [-0.05, 0) is 65.2 Å². The summed E-state index contributed by atoms with van der Waals surface area (Å²) in [7, 11) is 1.60. The number of benzene rings is 3. The Balaban J connectivity index is 1.40. The summed E-state index contributed by atoms with van der Waals surface area (Å²) in [6.07, 6.45) is 5.06. The smallest absolute Gasteiger partial charge is 0.250 e. The molecule has 0 spiro atoms. The van der Waals surface area contributed by atoms with Gasteiger partial charge >= 0.3 is 0 Å². The van der Waals surface area contributed by atoms with Gasteiger partial charge in [0, 0.05) is 16.8 Å². The minimum absolute atomic E-state index is 0.139. The van der Waals surface area contributed by atoms with Crippen LogP contribution in [0.1, 0.15) is 22.7 Å². The summed E-state index contributed by atoms with van der Waals surface area (Å²) in [6.45, 7) is 0. The van der Waals surface area contributed by atoms with Crippen LogP contribution in [-0.2, 0) is 4.79 Å². The number of allylic oxidation sites excluding steroid dienone is 1. The van der Waals surface area contributed by atoms with E-state index in [0.717, 1.165) is 28.1 Å². The molecule has 0 fully saturated rings. The Morgan fingerprint density at radius 2 is 1.81 bits per heavy atom. The van der Waals surface area contributed by atoms with Crippen LogP contribution in [0.5, 0.6) is 5.75 Å². The number of ether oxygens (including phenoxy) is 1. The van der Waals surface area contributed by atoms with E-state index < -0.39 is 0 Å². The number of carbonyl (C=O) groups excluding carboxylic acids is 1. The third-order valence-corrected chi connectivity index (χ3v) is 5.86. The summed E-state index contributed by atoms with van der Waals surface area (Å²) in [6, 6.07) is 20.5. The molecule has 5 rings (SSSR count). The summed E-state index contributed by atoms with van der Waals surface area (Å²) in [5.41, 5.74) is 3.35. The lowest BCUT2D eigenvalue weighted by atomic mass is 10.0. The van der Waals surface area contributed by atoms with E-state index >= 15 is 0 Å². The van der Waals surface area contributed by atoms with Gasteiger partial charge in [-0.1, -0.05) is 48.0 Å². The maximum absolute atomic E-state index is 13.6. The van der Waals surface area contributed by atoms with Crippen LogP contribution in [0.2, 0.25) is 5.02 Å². The highest BCUT2D eigenvalue weighted by Crippen LogP contribution is 2.33. The Hall–Kier alpha value is -4.43. The number of anilines is 2. The predicted octanol–water partition coefficient (Wildman–Crippen LogP) is 5.79. The number of aromatic nitrogens is 3. The van der Waals surface area contributed by atoms with Gasteiger partial charge < -0.3 is 10.1 Å². The molecule has 1 aliphatic heterocycles. The standard InChI is InChI=1S/C27H21ClFN5O2/c1-36-22-13-2-17(3-14-22)4-15-25(35)31-26-32-27-30-23(18-5-9-20(28)10-6-18)16-24(34(27)33-26)19-7-11-21(29)12-8-19/h2-16,24H,1H3,(H2,30,31,32,33,35)/b15-4+. The Morgan fingerprint density at radius 3 is 2.50 bits per heavy atom. The van der Waals surface area contributed by atoms with E-state index in [1.165, 1.54) is 18.2 Å². The molecule has 0 saturated heterocycles. The lowest BCUT2D eigenvalue weighted by Gasteiger charge is -2.24. The summed E-state index contributed by atoms with van der Waals surface area (Å²) >= 11 is 6.05. The SMILES string of the molecule is COc1ccc(/C=C/C(=O)Nc2nc3n(n2)C(c2ccc(F)cc2)C=C(c2ccc(Cl)cc2)N3)cc1. The molecule has 0 radical (unpaired) electrons. The van der Waals surface area contributed by atoms with Crippen LogP contribution < -0.4 is 15.4 Å². The first-order valence-corrected chi connectivity index (χ1v) is 11.5. The van der Waals surface area contributed by atoms with Crippen molar-refractivity contribution in [3.63, 3.8) is 0 Å². The molecule has 180 valence electrons. The Kier molecular flexibility index (Phi) is 6.51. The maximum atomic E-state index is 13.6. The number of nitrogens with one attached hydrogen (secondary N) is 2. The number of rotatable bonds is 6. The summed E-state index contributed by atoms with van der Waals surface area (Å²) in [5, 5.41) is 11.1. The second-order valence-electron chi connectivity index (χ2n) is 8.01. The molecule has 9 heteroatoms. The first-order valence-electron chi connectivity index (χ1n) is 11.1. The Morgan fingerprint density at radius 1 is 1.08 bits per heavy atom. The van der Waals surface area contributed by atoms with Crippen molar-refractivity contribution in [3.05, 3.63) is 112 Å². The number of halogens is 2. The molecule has 7 nitrogen and oxygen atoms in total. The zero-order valence-electron chi connectivity index (χ0n) is 19.2. The molecule has 36 heavy (non-hydrogen) atoms. The molecule has 2 heterocycles. The van der Waals surface area contributed by atoms with Crippen molar-refractivity contribution in [1.29, 1.82) is 0 Å². The summed E-state index contributed by atoms with van der Waals surface area (Å²) in [5.74, 6) is 0.605. The molecule has 2 N–H and O–H groups in total. The van der Waals surface area contributed by atoms with Crippen LogP contribution in [-0.4, -0.2) is 27.8 Å². The van der Waals surface area contributed by atoms with Crippen molar-refractivity contribution < 1.29 is 13.9 Å². The number of hydrogen-bond acceptors (Lipinski definition) is 5. The fourth-order valence-corrected chi connectivity index (χ4v) is 3.91. The van der Waals surface area contributed by atoms with E-state index in [0.29, 0.717) is 11.0 Å². The van der Waals surface area contributed by atoms with Crippen molar-refractivity contribution in [3.8, 4) is 5.75 Å². The van der Waals surface area contributed by atoms with Crippen LogP contribution in [0.4, 0.5) is 16.3 Å². The van der Waals surface area contributed by atoms with Gasteiger partial charge in [-0.3, -0.25) is 10.1 Å². The van der Waals surface area contributed by atoms with Crippen LogP contribution in [0, 0.1) is 5.82 Å². The fraction of sp³-hybridized carbons (Fsp3) is 0.0741. The van der Waals surface area contributed by atoms with Crippen molar-refractivity contribution in [2.75, 3.05) is 17.7 Å². The molecular weight excluding hydrogens is 481 g/mol. The third-order valence-electron chi connectivity index (χ3n) is 5.61. The molecule has 3 aromatic carbocycles. The highest BCUT2D eigenvalue weighted by molar-refractivity contribution is 6.30. The molecule has 1 aliphatic rings. The second-order valence-corrected chi connectivity index (χ2v) is 8.44. The van der Waals surface area contributed by atoms with E-state index in [9.17, 15) is 9.18 Å². The van der Waals surface area contributed by atoms with Gasteiger partial charge in [0.15, 0.2) is 0 Å². The van der Waals surface area contributed by atoms with E-state index in [1.54, 1.807) is 42.1 Å². The average Bonchev–Trinajstić information content (AvgIpc) is 3.30. The molecule has 1 unspecified atom stereocenters. The van der Waals surface area contributed by atoms with Gasteiger partial charge in [0.05, 0.1) is 7.11 Å². The van der Waals surface area contributed by atoms with E-state index in [4.69, 9.17) is 16.3 Å². The Labute approximate surface area is 211 Å². The zero-order valence-corrected chi connectivity index (χ0v) is 19.9. The van der Waals surface area contributed by atoms with Gasteiger partial charge in [0.25, 0.3) is 11.9 Å². The predicted molar refractivity (Wildman–Crippen MR) is 138 cm³/mol. The quantitative estimate of drug-likeness (QED) is 0.327. The summed E-state index contributed by atoms with van der Waals surface area (Å²) in [4.78, 5) is 17.0. The normalized spacial score (nSPS) is 14.6. The monoisotopic (exact) mass is 501 g/mol. The van der Waals surface area contributed by atoms with Crippen molar-refractivity contribution >= 4 is 41.2 Å². The van der Waals surface area contributed by atoms with Gasteiger partial charge in [-0.15, -0.1) is 5.10 Å². The second kappa shape index (κ2) is 10.1. The maximum Gasteiger partial charge on any atom is 0.250 e. The molecule has 1 atom stereocenters. The number of methoxy groups -OCH3 is 1. The third kappa shape index (κ3) is 5.13. The van der Waals surface area contributed by atoms with Crippen molar-refractivity contribution in [2.24, 2.45) is 0 Å². The molecular formula is C27H21ClFN5O2. The molecule has 1 amide bonds. The number of amides is 1. The lowest BCUT2D eigenvalue weighted by molar-refractivity contribution is -0.111. The highest BCUT2D eigenvalue weighted by atomic mass is 35.5. The molecule has 0 bridgehead atoms. The minimum atomic E-state index is -0.377. The van der Waals surface area contributed by atoms with Crippen LogP contribution in [0.3, 0.4) is 0 Å². The first kappa shape index (κ1) is 23.3. The number of carbonyl (C=O) groups is 1. The zero-order chi connectivity index (χ0) is 25.1. The van der Waals surface area contributed by atoms with Crippen LogP contribution in [0.15, 0.2) is 84.9 Å². The van der Waals surface area contributed by atoms with Crippen molar-refractivity contribution in [1.82, 2.24) is 14.8 Å². The van der Waals surface area contributed by atoms with Gasteiger partial charge in [0.1, 0.15) is 17.6 Å². The number of hydrogen-bond donors (Lipinski definition) is 2.